The molecule has 0 aliphatic carbocycles. The quantitative estimate of drug-likeness (QED) is 0.803. The second kappa shape index (κ2) is 8.64. The van der Waals surface area contributed by atoms with Crippen molar-refractivity contribution in [2.24, 2.45) is 0 Å². The minimum absolute atomic E-state index is 0.463. The van der Waals surface area contributed by atoms with Crippen molar-refractivity contribution in [2.45, 2.75) is 19.8 Å². The van der Waals surface area contributed by atoms with Gasteiger partial charge in [0.15, 0.2) is 0 Å². The number of anilines is 1. The molecule has 0 aliphatic rings. The van der Waals surface area contributed by atoms with Gasteiger partial charge in [0.05, 0.1) is 6.54 Å². The molecule has 5 nitrogen and oxygen atoms in total. The Hall–Kier alpha value is -1.49. The van der Waals surface area contributed by atoms with Crippen LogP contribution in [0.3, 0.4) is 0 Å². The fraction of sp³-hybridized carbons (Fsp3) is 0.583. The van der Waals surface area contributed by atoms with Crippen molar-refractivity contribution in [1.29, 1.82) is 0 Å². The van der Waals surface area contributed by atoms with Gasteiger partial charge < -0.3 is 15.0 Å². The van der Waals surface area contributed by atoms with Crippen LogP contribution in [0.4, 0.5) is 5.82 Å². The van der Waals surface area contributed by atoms with Gasteiger partial charge in [0, 0.05) is 18.8 Å². The van der Waals surface area contributed by atoms with E-state index >= 15 is 0 Å². The average Bonchev–Trinajstić information content (AvgIpc) is 2.29. The van der Waals surface area contributed by atoms with Gasteiger partial charge in [-0.05, 0) is 20.0 Å². The summed E-state index contributed by atoms with van der Waals surface area (Å²) in [5, 5.41) is 2.97. The van der Waals surface area contributed by atoms with Crippen molar-refractivity contribution in [3.05, 3.63) is 18.1 Å². The van der Waals surface area contributed by atoms with E-state index in [1.54, 1.807) is 6.33 Å². The molecule has 0 saturated carbocycles. The maximum Gasteiger partial charge on any atom is 0.133 e. The first-order valence-electron chi connectivity index (χ1n) is 5.59. The lowest BCUT2D eigenvalue weighted by Crippen LogP contribution is -2.13. The molecular formula is C12H22N4O. The molecule has 0 atom stereocenters. The number of carbonyl (C=O) groups excluding carboxylic acids is 1. The zero-order valence-corrected chi connectivity index (χ0v) is 11.3. The number of nitrogens with one attached hydrogen (secondary N) is 1. The van der Waals surface area contributed by atoms with Gasteiger partial charge in [0.25, 0.3) is 0 Å². The second-order valence-corrected chi connectivity index (χ2v) is 4.16. The van der Waals surface area contributed by atoms with Gasteiger partial charge in [0.1, 0.15) is 18.4 Å². The van der Waals surface area contributed by atoms with Gasteiger partial charge in [-0.3, -0.25) is 0 Å². The van der Waals surface area contributed by atoms with Crippen molar-refractivity contribution < 1.29 is 4.79 Å². The van der Waals surface area contributed by atoms with E-state index in [0.29, 0.717) is 12.5 Å². The monoisotopic (exact) mass is 238 g/mol. The zero-order chi connectivity index (χ0) is 13.3. The Kier molecular flexibility index (Phi) is 7.88. The van der Waals surface area contributed by atoms with E-state index in [9.17, 15) is 4.79 Å². The van der Waals surface area contributed by atoms with Crippen LogP contribution in [0.2, 0.25) is 0 Å². The molecule has 1 heterocycles. The van der Waals surface area contributed by atoms with Crippen LogP contribution in [0.5, 0.6) is 0 Å². The van der Waals surface area contributed by atoms with Gasteiger partial charge in [-0.1, -0.05) is 13.8 Å². The molecule has 1 aromatic rings. The Morgan fingerprint density at radius 2 is 2.06 bits per heavy atom. The normalized spacial score (nSPS) is 9.82. The Morgan fingerprint density at radius 3 is 2.41 bits per heavy atom. The minimum atomic E-state index is 0.463. The maximum absolute atomic E-state index is 9.57. The molecule has 0 amide bonds. The van der Waals surface area contributed by atoms with E-state index in [-0.39, 0.29) is 0 Å². The van der Waals surface area contributed by atoms with E-state index < -0.39 is 0 Å². The van der Waals surface area contributed by atoms with Crippen molar-refractivity contribution in [1.82, 2.24) is 14.9 Å². The van der Waals surface area contributed by atoms with Crippen LogP contribution in [0.25, 0.3) is 0 Å². The van der Waals surface area contributed by atoms with Crippen molar-refractivity contribution in [3.63, 3.8) is 0 Å². The molecule has 0 aliphatic heterocycles. The molecule has 5 heteroatoms. The first-order valence-corrected chi connectivity index (χ1v) is 5.59. The molecule has 0 saturated heterocycles. The third-order valence-electron chi connectivity index (χ3n) is 1.98. The standard InChI is InChI=1S/C8H13N3.C4H9NO/c1-6(2)7-4-8(9-3)11-5-10-7;1-5(2)3-4-6/h4-6H,1-3H3,(H,9,10,11);4H,3H2,1-2H3. The molecule has 0 fully saturated rings. The SMILES string of the molecule is CN(C)CC=O.CNc1cc(C(C)C)ncn1. The van der Waals surface area contributed by atoms with Crippen molar-refractivity contribution in [2.75, 3.05) is 33.0 Å². The van der Waals surface area contributed by atoms with Gasteiger partial charge >= 0.3 is 0 Å². The third kappa shape index (κ3) is 7.41. The molecule has 0 unspecified atom stereocenters. The highest BCUT2D eigenvalue weighted by atomic mass is 16.1. The fourth-order valence-electron chi connectivity index (χ4n) is 0.974. The summed E-state index contributed by atoms with van der Waals surface area (Å²) >= 11 is 0. The molecular weight excluding hydrogens is 216 g/mol. The summed E-state index contributed by atoms with van der Waals surface area (Å²) in [6, 6.07) is 1.96. The van der Waals surface area contributed by atoms with E-state index in [1.807, 2.05) is 32.1 Å². The number of rotatable bonds is 4. The number of aldehydes is 1. The van der Waals surface area contributed by atoms with E-state index in [2.05, 4.69) is 29.1 Å². The molecule has 0 aromatic carbocycles. The van der Waals surface area contributed by atoms with Crippen LogP contribution in [-0.4, -0.2) is 48.8 Å². The first kappa shape index (κ1) is 15.5. The van der Waals surface area contributed by atoms with Crippen molar-refractivity contribution in [3.8, 4) is 0 Å². The summed E-state index contributed by atoms with van der Waals surface area (Å²) in [5.74, 6) is 1.34. The van der Waals surface area contributed by atoms with Crippen LogP contribution < -0.4 is 5.32 Å². The number of nitrogens with zero attached hydrogens (tertiary/aromatic N) is 3. The lowest BCUT2D eigenvalue weighted by Gasteiger charge is -2.04. The summed E-state index contributed by atoms with van der Waals surface area (Å²) in [6.07, 6.45) is 2.46. The molecule has 1 rings (SSSR count). The Bertz CT molecular complexity index is 326. The second-order valence-electron chi connectivity index (χ2n) is 4.16. The molecule has 96 valence electrons. The molecule has 0 bridgehead atoms. The highest BCUT2D eigenvalue weighted by Crippen LogP contribution is 2.12. The van der Waals surface area contributed by atoms with E-state index in [0.717, 1.165) is 17.8 Å². The van der Waals surface area contributed by atoms with Gasteiger partial charge in [-0.15, -0.1) is 0 Å². The lowest BCUT2D eigenvalue weighted by molar-refractivity contribution is -0.108. The highest BCUT2D eigenvalue weighted by molar-refractivity contribution is 5.51. The first-order chi connectivity index (χ1) is 8.01. The molecule has 0 spiro atoms. The molecule has 0 radical (unpaired) electrons. The summed E-state index contributed by atoms with van der Waals surface area (Å²) in [6.45, 7) is 4.75. The molecule has 1 aromatic heterocycles. The van der Waals surface area contributed by atoms with E-state index in [4.69, 9.17) is 0 Å². The Morgan fingerprint density at radius 1 is 1.41 bits per heavy atom. The number of hydrogen-bond donors (Lipinski definition) is 1. The molecule has 1 N–H and O–H groups in total. The van der Waals surface area contributed by atoms with Crippen LogP contribution in [0, 0.1) is 0 Å². The Balaban J connectivity index is 0.000000366. The van der Waals surface area contributed by atoms with Gasteiger partial charge in [-0.2, -0.15) is 0 Å². The minimum Gasteiger partial charge on any atom is -0.373 e. The maximum atomic E-state index is 9.57. The summed E-state index contributed by atoms with van der Waals surface area (Å²) in [7, 11) is 5.56. The largest absolute Gasteiger partial charge is 0.373 e. The third-order valence-corrected chi connectivity index (χ3v) is 1.98. The van der Waals surface area contributed by atoms with Gasteiger partial charge in [-0.25, -0.2) is 9.97 Å². The van der Waals surface area contributed by atoms with Crippen molar-refractivity contribution >= 4 is 12.1 Å². The number of aromatic nitrogens is 2. The van der Waals surface area contributed by atoms with Crippen LogP contribution in [0.15, 0.2) is 12.4 Å². The smallest absolute Gasteiger partial charge is 0.133 e. The summed E-state index contributed by atoms with van der Waals surface area (Å²) in [4.78, 5) is 19.5. The van der Waals surface area contributed by atoms with Crippen LogP contribution in [-0.2, 0) is 4.79 Å². The van der Waals surface area contributed by atoms with Crippen LogP contribution >= 0.6 is 0 Å². The lowest BCUT2D eigenvalue weighted by atomic mass is 10.1. The average molecular weight is 238 g/mol. The van der Waals surface area contributed by atoms with Gasteiger partial charge in [0.2, 0.25) is 0 Å². The topological polar surface area (TPSA) is 58.1 Å². The zero-order valence-electron chi connectivity index (χ0n) is 11.3. The fourth-order valence-corrected chi connectivity index (χ4v) is 0.974. The highest BCUT2D eigenvalue weighted by Gasteiger charge is 2.00. The van der Waals surface area contributed by atoms with E-state index in [1.165, 1.54) is 0 Å². The number of hydrogen-bond acceptors (Lipinski definition) is 5. The summed E-state index contributed by atoms with van der Waals surface area (Å²) < 4.78 is 0. The predicted octanol–water partition coefficient (Wildman–Crippen LogP) is 1.39. The summed E-state index contributed by atoms with van der Waals surface area (Å²) in [5.41, 5.74) is 1.07. The Labute approximate surface area is 103 Å². The number of carbonyl (C=O) groups is 1. The van der Waals surface area contributed by atoms with Crippen LogP contribution in [0.1, 0.15) is 25.5 Å². The number of likely N-dealkylation sites (N-methyl/N-ethyl adjacent to an activating group) is 1. The predicted molar refractivity (Wildman–Crippen MR) is 70.3 cm³/mol. The molecule has 17 heavy (non-hydrogen) atoms.